The summed E-state index contributed by atoms with van der Waals surface area (Å²) in [6, 6.07) is 5.74. The van der Waals surface area contributed by atoms with Crippen LogP contribution < -0.4 is 0 Å². The summed E-state index contributed by atoms with van der Waals surface area (Å²) in [5, 5.41) is 48.1. The van der Waals surface area contributed by atoms with Gasteiger partial charge in [0.05, 0.1) is 35.9 Å². The first kappa shape index (κ1) is 25.1. The lowest BCUT2D eigenvalue weighted by Crippen LogP contribution is -2.53. The topological polar surface area (TPSA) is 149 Å². The molecule has 1 saturated heterocycles. The number of ether oxygens (including phenoxy) is 1. The fraction of sp³-hybridized carbons (Fsp3) is 0.292. The molecule has 5 aromatic rings. The maximum atomic E-state index is 13.8. The fourth-order valence-corrected chi connectivity index (χ4v) is 4.79. The molecule has 39 heavy (non-hydrogen) atoms. The molecule has 5 atom stereocenters. The summed E-state index contributed by atoms with van der Waals surface area (Å²) in [6.45, 7) is -0.605. The average Bonchev–Trinajstić information content (AvgIpc) is 3.68. The second kappa shape index (κ2) is 9.53. The number of rotatable bonds is 5. The normalized spacial score (nSPS) is 23.5. The third kappa shape index (κ3) is 4.15. The van der Waals surface area contributed by atoms with E-state index in [0.29, 0.717) is 5.69 Å². The number of aromatic nitrogens is 8. The summed E-state index contributed by atoms with van der Waals surface area (Å²) in [5.74, 6) is -4.26. The van der Waals surface area contributed by atoms with E-state index in [4.69, 9.17) is 4.74 Å². The Morgan fingerprint density at radius 3 is 2.51 bits per heavy atom. The maximum Gasteiger partial charge on any atom is 0.194 e. The maximum absolute atomic E-state index is 13.8. The highest BCUT2D eigenvalue weighted by Gasteiger charge is 2.48. The van der Waals surface area contributed by atoms with Gasteiger partial charge in [0.15, 0.2) is 23.3 Å². The van der Waals surface area contributed by atoms with Crippen molar-refractivity contribution >= 4 is 11.0 Å². The number of aryl methyl sites for hydroxylation is 1. The molecule has 6 rings (SSSR count). The Bertz CT molecular complexity index is 1650. The fourth-order valence-electron chi connectivity index (χ4n) is 4.79. The van der Waals surface area contributed by atoms with Crippen LogP contribution in [0.3, 0.4) is 0 Å². The van der Waals surface area contributed by atoms with Crippen LogP contribution in [0.2, 0.25) is 0 Å². The Hall–Kier alpha value is -4.18. The van der Waals surface area contributed by atoms with Crippen molar-refractivity contribution in [2.45, 2.75) is 30.5 Å². The van der Waals surface area contributed by atoms with Gasteiger partial charge in [-0.1, -0.05) is 5.21 Å². The molecule has 3 N–H and O–H groups in total. The van der Waals surface area contributed by atoms with Gasteiger partial charge in [-0.3, -0.25) is 4.57 Å². The molecule has 1 fully saturated rings. The van der Waals surface area contributed by atoms with E-state index in [1.54, 1.807) is 17.0 Å². The molecule has 0 saturated carbocycles. The van der Waals surface area contributed by atoms with Crippen molar-refractivity contribution in [1.29, 1.82) is 0 Å². The lowest BCUT2D eigenvalue weighted by molar-refractivity contribution is -0.210. The second-order valence-electron chi connectivity index (χ2n) is 9.17. The van der Waals surface area contributed by atoms with E-state index in [-0.39, 0.29) is 17.1 Å². The van der Waals surface area contributed by atoms with Crippen LogP contribution in [0.15, 0.2) is 49.2 Å². The molecule has 0 unspecified atom stereocenters. The van der Waals surface area contributed by atoms with Crippen molar-refractivity contribution in [2.75, 3.05) is 6.61 Å². The number of nitrogens with zero attached hydrogens (tertiary/aromatic N) is 8. The Morgan fingerprint density at radius 2 is 1.77 bits per heavy atom. The number of aliphatic hydroxyl groups excluding tert-OH is 3. The zero-order valence-corrected chi connectivity index (χ0v) is 20.2. The van der Waals surface area contributed by atoms with Crippen LogP contribution in [0.4, 0.5) is 13.2 Å². The number of hydrogen-bond acceptors (Lipinski definition) is 9. The van der Waals surface area contributed by atoms with E-state index in [1.165, 1.54) is 12.5 Å². The van der Waals surface area contributed by atoms with Crippen LogP contribution in [0.25, 0.3) is 28.0 Å². The Kier molecular flexibility index (Phi) is 6.14. The van der Waals surface area contributed by atoms with E-state index in [1.807, 2.05) is 23.7 Å². The predicted octanol–water partition coefficient (Wildman–Crippen LogP) is 1.23. The standard InChI is InChI=1S/C24H21F3N8O4/c1-33-9-28-15-3-2-12(6-17(15)33)34-10-29-31-24(34)23-22(38)20(21(37)18(8-36)39-23)35-7-16(30-32-35)11-4-13(25)19(27)14(26)5-11/h2-7,9-10,18,20-23,36-38H,8H2,1H3/t18-,20+,21+,22-,23-/m1/s1. The van der Waals surface area contributed by atoms with Gasteiger partial charge in [-0.2, -0.15) is 0 Å². The van der Waals surface area contributed by atoms with E-state index >= 15 is 0 Å². The summed E-state index contributed by atoms with van der Waals surface area (Å²) in [6.07, 6.45) is -0.949. The first-order chi connectivity index (χ1) is 18.8. The van der Waals surface area contributed by atoms with Crippen molar-refractivity contribution < 1.29 is 33.2 Å². The van der Waals surface area contributed by atoms with Crippen molar-refractivity contribution in [3.63, 3.8) is 0 Å². The van der Waals surface area contributed by atoms with Crippen LogP contribution >= 0.6 is 0 Å². The molecule has 1 aliphatic heterocycles. The highest BCUT2D eigenvalue weighted by Crippen LogP contribution is 2.38. The molecule has 0 radical (unpaired) electrons. The van der Waals surface area contributed by atoms with Gasteiger partial charge in [0.1, 0.15) is 42.5 Å². The molecule has 0 spiro atoms. The van der Waals surface area contributed by atoms with Gasteiger partial charge >= 0.3 is 0 Å². The average molecular weight is 542 g/mol. The van der Waals surface area contributed by atoms with Crippen LogP contribution in [0.5, 0.6) is 0 Å². The van der Waals surface area contributed by atoms with E-state index in [2.05, 4.69) is 25.5 Å². The summed E-state index contributed by atoms with van der Waals surface area (Å²) < 4.78 is 51.3. The molecule has 1 aliphatic rings. The van der Waals surface area contributed by atoms with Gasteiger partial charge in [0.2, 0.25) is 0 Å². The number of benzene rings is 2. The van der Waals surface area contributed by atoms with Crippen LogP contribution in [-0.2, 0) is 11.8 Å². The third-order valence-corrected chi connectivity index (χ3v) is 6.80. The second-order valence-corrected chi connectivity index (χ2v) is 9.17. The Labute approximate surface area is 217 Å². The Balaban J connectivity index is 1.37. The van der Waals surface area contributed by atoms with Crippen molar-refractivity contribution in [3.05, 3.63) is 72.5 Å². The zero-order chi connectivity index (χ0) is 27.4. The van der Waals surface area contributed by atoms with Gasteiger partial charge in [-0.25, -0.2) is 22.8 Å². The molecule has 4 heterocycles. The van der Waals surface area contributed by atoms with Gasteiger partial charge in [0, 0.05) is 12.6 Å². The molecule has 0 amide bonds. The molecule has 2 aromatic carbocycles. The minimum absolute atomic E-state index is 0.0385. The lowest BCUT2D eigenvalue weighted by atomic mass is 9.92. The molecule has 202 valence electrons. The highest BCUT2D eigenvalue weighted by atomic mass is 19.2. The number of fused-ring (bicyclic) bond motifs is 1. The van der Waals surface area contributed by atoms with Gasteiger partial charge in [-0.15, -0.1) is 15.3 Å². The number of imidazole rings is 1. The molecule has 0 aliphatic carbocycles. The number of halogens is 3. The van der Waals surface area contributed by atoms with E-state index in [0.717, 1.165) is 27.8 Å². The number of aliphatic hydroxyl groups is 3. The zero-order valence-electron chi connectivity index (χ0n) is 20.2. The van der Waals surface area contributed by atoms with Crippen LogP contribution in [0, 0.1) is 17.5 Å². The number of hydrogen-bond donors (Lipinski definition) is 3. The summed E-state index contributed by atoms with van der Waals surface area (Å²) >= 11 is 0. The largest absolute Gasteiger partial charge is 0.394 e. The summed E-state index contributed by atoms with van der Waals surface area (Å²) in [7, 11) is 1.85. The molecule has 15 heteroatoms. The molecule has 0 bridgehead atoms. The SMILES string of the molecule is Cn1cnc2ccc(-n3cnnc3[C@@H]3O[C@H](CO)[C@H](O)[C@H](n4cc(-c5cc(F)c(F)c(F)c5)nn4)[C@H]3O)cc21. The minimum atomic E-state index is -1.62. The monoisotopic (exact) mass is 542 g/mol. The van der Waals surface area contributed by atoms with Gasteiger partial charge in [-0.05, 0) is 30.3 Å². The summed E-state index contributed by atoms with van der Waals surface area (Å²) in [4.78, 5) is 4.30. The van der Waals surface area contributed by atoms with Gasteiger partial charge < -0.3 is 24.6 Å². The quantitative estimate of drug-likeness (QED) is 0.279. The highest BCUT2D eigenvalue weighted by molar-refractivity contribution is 5.77. The summed E-state index contributed by atoms with van der Waals surface area (Å²) in [5.41, 5.74) is 2.12. The van der Waals surface area contributed by atoms with E-state index in [9.17, 15) is 28.5 Å². The van der Waals surface area contributed by atoms with E-state index < -0.39 is 54.5 Å². The first-order valence-corrected chi connectivity index (χ1v) is 11.8. The molecular formula is C24H21F3N8O4. The third-order valence-electron chi connectivity index (χ3n) is 6.80. The lowest BCUT2D eigenvalue weighted by Gasteiger charge is -2.41. The van der Waals surface area contributed by atoms with Crippen LogP contribution in [-0.4, -0.2) is 79.5 Å². The minimum Gasteiger partial charge on any atom is -0.394 e. The predicted molar refractivity (Wildman–Crippen MR) is 127 cm³/mol. The van der Waals surface area contributed by atoms with Crippen molar-refractivity contribution in [1.82, 2.24) is 39.3 Å². The van der Waals surface area contributed by atoms with Crippen molar-refractivity contribution in [2.24, 2.45) is 7.05 Å². The molecule has 3 aromatic heterocycles. The van der Waals surface area contributed by atoms with Crippen LogP contribution in [0.1, 0.15) is 18.0 Å². The molecular weight excluding hydrogens is 521 g/mol. The van der Waals surface area contributed by atoms with Crippen molar-refractivity contribution in [3.8, 4) is 16.9 Å². The van der Waals surface area contributed by atoms with Gasteiger partial charge in [0.25, 0.3) is 0 Å². The Morgan fingerprint density at radius 1 is 1.00 bits per heavy atom. The smallest absolute Gasteiger partial charge is 0.194 e. The first-order valence-electron chi connectivity index (χ1n) is 11.8. The molecule has 12 nitrogen and oxygen atoms in total.